The van der Waals surface area contributed by atoms with Crippen molar-refractivity contribution in [1.29, 1.82) is 0 Å². The second-order valence-corrected chi connectivity index (χ2v) is 5.67. The first-order valence-electron chi connectivity index (χ1n) is 7.11. The van der Waals surface area contributed by atoms with Crippen molar-refractivity contribution in [1.82, 2.24) is 15.1 Å². The molecule has 1 aromatic rings. The number of hydrogen-bond acceptors (Lipinski definition) is 3. The van der Waals surface area contributed by atoms with E-state index in [0.717, 1.165) is 18.1 Å². The third-order valence-corrected chi connectivity index (χ3v) is 4.07. The molecule has 1 aromatic carbocycles. The first-order valence-corrected chi connectivity index (χ1v) is 7.48. The number of rotatable bonds is 6. The van der Waals surface area contributed by atoms with Gasteiger partial charge in [-0.05, 0) is 38.2 Å². The topological polar surface area (TPSA) is 18.5 Å². The quantitative estimate of drug-likeness (QED) is 0.806. The van der Waals surface area contributed by atoms with Gasteiger partial charge < -0.3 is 15.1 Å². The van der Waals surface area contributed by atoms with Gasteiger partial charge in [0.25, 0.3) is 0 Å². The minimum atomic E-state index is 0.856. The second kappa shape index (κ2) is 7.85. The normalized spacial score (nSPS) is 17.8. The minimum absolute atomic E-state index is 0.856. The van der Waals surface area contributed by atoms with E-state index in [1.807, 2.05) is 18.2 Å². The minimum Gasteiger partial charge on any atom is -0.313 e. The van der Waals surface area contributed by atoms with E-state index < -0.39 is 0 Å². The van der Waals surface area contributed by atoms with Gasteiger partial charge in [-0.1, -0.05) is 29.8 Å². The lowest BCUT2D eigenvalue weighted by atomic mass is 10.2. The lowest BCUT2D eigenvalue weighted by molar-refractivity contribution is 0.153. The summed E-state index contributed by atoms with van der Waals surface area (Å²) in [6.07, 6.45) is 1.20. The van der Waals surface area contributed by atoms with Crippen molar-refractivity contribution in [3.8, 4) is 0 Å². The predicted octanol–water partition coefficient (Wildman–Crippen LogP) is 2.07. The number of likely N-dealkylation sites (N-methyl/N-ethyl adjacent to an activating group) is 1. The molecule has 106 valence electrons. The van der Waals surface area contributed by atoms with E-state index in [4.69, 9.17) is 11.6 Å². The predicted molar refractivity (Wildman–Crippen MR) is 81.7 cm³/mol. The first-order chi connectivity index (χ1) is 9.25. The number of halogens is 1. The van der Waals surface area contributed by atoms with E-state index in [9.17, 15) is 0 Å². The Morgan fingerprint density at radius 3 is 2.63 bits per heavy atom. The SMILES string of the molecule is CN1CCN(CCCNCc2ccccc2Cl)CC1. The van der Waals surface area contributed by atoms with Gasteiger partial charge in [-0.15, -0.1) is 0 Å². The van der Waals surface area contributed by atoms with Crippen molar-refractivity contribution < 1.29 is 0 Å². The lowest BCUT2D eigenvalue weighted by Crippen LogP contribution is -2.45. The molecule has 4 heteroatoms. The molecule has 1 aliphatic heterocycles. The molecule has 1 heterocycles. The Morgan fingerprint density at radius 2 is 1.89 bits per heavy atom. The van der Waals surface area contributed by atoms with E-state index in [1.165, 1.54) is 44.7 Å². The average molecular weight is 282 g/mol. The second-order valence-electron chi connectivity index (χ2n) is 5.27. The van der Waals surface area contributed by atoms with E-state index in [-0.39, 0.29) is 0 Å². The number of piperazine rings is 1. The van der Waals surface area contributed by atoms with Crippen LogP contribution in [-0.2, 0) is 6.54 Å². The fraction of sp³-hybridized carbons (Fsp3) is 0.600. The highest BCUT2D eigenvalue weighted by molar-refractivity contribution is 6.31. The van der Waals surface area contributed by atoms with Gasteiger partial charge >= 0.3 is 0 Å². The van der Waals surface area contributed by atoms with E-state index >= 15 is 0 Å². The van der Waals surface area contributed by atoms with Gasteiger partial charge in [-0.3, -0.25) is 0 Å². The lowest BCUT2D eigenvalue weighted by Gasteiger charge is -2.32. The van der Waals surface area contributed by atoms with Crippen LogP contribution in [0.2, 0.25) is 5.02 Å². The van der Waals surface area contributed by atoms with Crippen molar-refractivity contribution in [2.45, 2.75) is 13.0 Å². The third-order valence-electron chi connectivity index (χ3n) is 3.70. The Bertz CT molecular complexity index is 375. The summed E-state index contributed by atoms with van der Waals surface area (Å²) in [5.41, 5.74) is 1.18. The molecule has 0 aromatic heterocycles. The monoisotopic (exact) mass is 281 g/mol. The summed E-state index contributed by atoms with van der Waals surface area (Å²) in [5, 5.41) is 4.32. The molecule has 2 rings (SSSR count). The van der Waals surface area contributed by atoms with Crippen LogP contribution in [0.25, 0.3) is 0 Å². The Morgan fingerprint density at radius 1 is 1.16 bits per heavy atom. The molecule has 1 fully saturated rings. The molecule has 0 spiro atoms. The molecule has 0 saturated carbocycles. The standard InChI is InChI=1S/C15H24ClN3/c1-18-9-11-19(12-10-18)8-4-7-17-13-14-5-2-3-6-15(14)16/h2-3,5-6,17H,4,7-13H2,1H3. The molecule has 1 N–H and O–H groups in total. The molecular weight excluding hydrogens is 258 g/mol. The molecule has 3 nitrogen and oxygen atoms in total. The summed E-state index contributed by atoms with van der Waals surface area (Å²) in [4.78, 5) is 4.95. The van der Waals surface area contributed by atoms with Crippen LogP contribution in [0.1, 0.15) is 12.0 Å². The smallest absolute Gasteiger partial charge is 0.0450 e. The highest BCUT2D eigenvalue weighted by Gasteiger charge is 2.12. The molecule has 1 saturated heterocycles. The molecule has 19 heavy (non-hydrogen) atoms. The van der Waals surface area contributed by atoms with Crippen molar-refractivity contribution in [3.05, 3.63) is 34.9 Å². The first kappa shape index (κ1) is 14.8. The molecule has 0 aliphatic carbocycles. The summed E-state index contributed by atoms with van der Waals surface area (Å²) in [6.45, 7) is 7.94. The number of nitrogens with one attached hydrogen (secondary N) is 1. The summed E-state index contributed by atoms with van der Waals surface area (Å²) >= 11 is 6.12. The van der Waals surface area contributed by atoms with Gasteiger partial charge in [-0.25, -0.2) is 0 Å². The largest absolute Gasteiger partial charge is 0.313 e. The average Bonchev–Trinajstić information content (AvgIpc) is 2.42. The van der Waals surface area contributed by atoms with Gasteiger partial charge in [-0.2, -0.15) is 0 Å². The van der Waals surface area contributed by atoms with Crippen LogP contribution < -0.4 is 5.32 Å². The van der Waals surface area contributed by atoms with Crippen LogP contribution in [0.4, 0.5) is 0 Å². The van der Waals surface area contributed by atoms with Crippen molar-refractivity contribution >= 4 is 11.6 Å². The fourth-order valence-electron chi connectivity index (χ4n) is 2.36. The van der Waals surface area contributed by atoms with Gasteiger partial charge in [0, 0.05) is 37.7 Å². The van der Waals surface area contributed by atoms with Crippen LogP contribution >= 0.6 is 11.6 Å². The van der Waals surface area contributed by atoms with Gasteiger partial charge in [0.05, 0.1) is 0 Å². The van der Waals surface area contributed by atoms with Crippen LogP contribution in [0, 0.1) is 0 Å². The van der Waals surface area contributed by atoms with Crippen LogP contribution in [-0.4, -0.2) is 56.1 Å². The summed E-state index contributed by atoms with van der Waals surface area (Å²) < 4.78 is 0. The highest BCUT2D eigenvalue weighted by Crippen LogP contribution is 2.14. The molecule has 1 aliphatic rings. The molecule has 0 bridgehead atoms. The fourth-order valence-corrected chi connectivity index (χ4v) is 2.57. The maximum atomic E-state index is 6.12. The zero-order chi connectivity index (χ0) is 13.5. The zero-order valence-corrected chi connectivity index (χ0v) is 12.5. The maximum absolute atomic E-state index is 6.12. The zero-order valence-electron chi connectivity index (χ0n) is 11.7. The molecule has 0 atom stereocenters. The summed E-state index contributed by atoms with van der Waals surface area (Å²) in [5.74, 6) is 0. The third kappa shape index (κ3) is 5.11. The van der Waals surface area contributed by atoms with Crippen LogP contribution in [0.3, 0.4) is 0 Å². The van der Waals surface area contributed by atoms with Gasteiger partial charge in [0.1, 0.15) is 0 Å². The molecule has 0 amide bonds. The van der Waals surface area contributed by atoms with Gasteiger partial charge in [0.2, 0.25) is 0 Å². The summed E-state index contributed by atoms with van der Waals surface area (Å²) in [7, 11) is 2.20. The van der Waals surface area contributed by atoms with Crippen LogP contribution in [0.5, 0.6) is 0 Å². The highest BCUT2D eigenvalue weighted by atomic mass is 35.5. The van der Waals surface area contributed by atoms with Crippen LogP contribution in [0.15, 0.2) is 24.3 Å². The van der Waals surface area contributed by atoms with Crippen molar-refractivity contribution in [2.75, 3.05) is 46.3 Å². The van der Waals surface area contributed by atoms with Crippen molar-refractivity contribution in [2.24, 2.45) is 0 Å². The Hall–Kier alpha value is -0.610. The molecule has 0 radical (unpaired) electrons. The Balaban J connectivity index is 1.56. The van der Waals surface area contributed by atoms with Crippen molar-refractivity contribution in [3.63, 3.8) is 0 Å². The van der Waals surface area contributed by atoms with E-state index in [0.29, 0.717) is 0 Å². The Kier molecular flexibility index (Phi) is 6.11. The number of nitrogens with zero attached hydrogens (tertiary/aromatic N) is 2. The molecular formula is C15H24ClN3. The Labute approximate surface area is 121 Å². The molecule has 0 unspecified atom stereocenters. The number of benzene rings is 1. The van der Waals surface area contributed by atoms with E-state index in [2.05, 4.69) is 28.2 Å². The summed E-state index contributed by atoms with van der Waals surface area (Å²) in [6, 6.07) is 8.03. The van der Waals surface area contributed by atoms with E-state index in [1.54, 1.807) is 0 Å². The number of hydrogen-bond donors (Lipinski definition) is 1. The maximum Gasteiger partial charge on any atom is 0.0450 e. The van der Waals surface area contributed by atoms with Gasteiger partial charge in [0.15, 0.2) is 0 Å².